The first-order valence-electron chi connectivity index (χ1n) is 5.78. The van der Waals surface area contributed by atoms with Gasteiger partial charge in [-0.2, -0.15) is 24.4 Å². The molecule has 0 unspecified atom stereocenters. The minimum atomic E-state index is 0.491. The Labute approximate surface area is 100 Å². The van der Waals surface area contributed by atoms with Crippen LogP contribution in [0.2, 0.25) is 0 Å². The van der Waals surface area contributed by atoms with Gasteiger partial charge < -0.3 is 0 Å². The van der Waals surface area contributed by atoms with Crippen molar-refractivity contribution in [2.75, 3.05) is 17.3 Å². The average Bonchev–Trinajstić information content (AvgIpc) is 2.19. The van der Waals surface area contributed by atoms with E-state index in [1.165, 1.54) is 30.8 Å². The molecule has 0 N–H and O–H groups in total. The Morgan fingerprint density at radius 3 is 2.14 bits per heavy atom. The molecule has 0 saturated heterocycles. The molecule has 14 heavy (non-hydrogen) atoms. The van der Waals surface area contributed by atoms with Crippen LogP contribution in [0.5, 0.6) is 0 Å². The molecular formula is C12H26S2. The SMILES string of the molecule is CCC(CC)(CS)CSCCC(C)C. The Morgan fingerprint density at radius 2 is 1.79 bits per heavy atom. The lowest BCUT2D eigenvalue weighted by molar-refractivity contribution is 0.357. The molecule has 0 amide bonds. The van der Waals surface area contributed by atoms with E-state index in [0.717, 1.165) is 11.7 Å². The molecule has 0 aromatic carbocycles. The second-order valence-electron chi connectivity index (χ2n) is 4.60. The lowest BCUT2D eigenvalue weighted by Crippen LogP contribution is -2.24. The van der Waals surface area contributed by atoms with Crippen LogP contribution >= 0.6 is 24.4 Å². The van der Waals surface area contributed by atoms with Gasteiger partial charge in [0, 0.05) is 0 Å². The van der Waals surface area contributed by atoms with Crippen molar-refractivity contribution in [2.24, 2.45) is 11.3 Å². The third-order valence-electron chi connectivity index (χ3n) is 3.08. The molecule has 0 fully saturated rings. The topological polar surface area (TPSA) is 0 Å². The molecular weight excluding hydrogens is 208 g/mol. The number of hydrogen-bond donors (Lipinski definition) is 1. The maximum atomic E-state index is 4.49. The Morgan fingerprint density at radius 1 is 1.21 bits per heavy atom. The Bertz CT molecular complexity index is 120. The van der Waals surface area contributed by atoms with Crippen LogP contribution in [0.4, 0.5) is 0 Å². The Kier molecular flexibility index (Phi) is 8.32. The number of hydrogen-bond acceptors (Lipinski definition) is 2. The first-order valence-corrected chi connectivity index (χ1v) is 7.57. The van der Waals surface area contributed by atoms with Crippen molar-refractivity contribution >= 4 is 24.4 Å². The van der Waals surface area contributed by atoms with Gasteiger partial charge in [0.05, 0.1) is 0 Å². The van der Waals surface area contributed by atoms with Crippen molar-refractivity contribution in [3.8, 4) is 0 Å². The summed E-state index contributed by atoms with van der Waals surface area (Å²) in [4.78, 5) is 0. The van der Waals surface area contributed by atoms with Gasteiger partial charge in [0.25, 0.3) is 0 Å². The minimum absolute atomic E-state index is 0.491. The molecule has 0 spiro atoms. The monoisotopic (exact) mass is 234 g/mol. The zero-order chi connectivity index (χ0) is 11.0. The van der Waals surface area contributed by atoms with Crippen molar-refractivity contribution in [1.29, 1.82) is 0 Å². The van der Waals surface area contributed by atoms with E-state index in [1.54, 1.807) is 0 Å². The van der Waals surface area contributed by atoms with Crippen LogP contribution in [0.3, 0.4) is 0 Å². The Hall–Kier alpha value is 0.700. The van der Waals surface area contributed by atoms with Gasteiger partial charge in [-0.25, -0.2) is 0 Å². The molecule has 86 valence electrons. The molecule has 0 saturated carbocycles. The van der Waals surface area contributed by atoms with Crippen molar-refractivity contribution in [2.45, 2.75) is 47.0 Å². The van der Waals surface area contributed by atoms with Gasteiger partial charge in [0.2, 0.25) is 0 Å². The van der Waals surface area contributed by atoms with Crippen LogP contribution in [0.15, 0.2) is 0 Å². The van der Waals surface area contributed by atoms with Crippen molar-refractivity contribution in [3.05, 3.63) is 0 Å². The van der Waals surface area contributed by atoms with E-state index in [1.807, 2.05) is 0 Å². The van der Waals surface area contributed by atoms with Gasteiger partial charge >= 0.3 is 0 Å². The smallest absolute Gasteiger partial charge is 0.000320 e. The highest BCUT2D eigenvalue weighted by Crippen LogP contribution is 2.32. The molecule has 0 bridgehead atoms. The lowest BCUT2D eigenvalue weighted by Gasteiger charge is -2.29. The van der Waals surface area contributed by atoms with E-state index >= 15 is 0 Å². The molecule has 0 heterocycles. The molecule has 0 aliphatic heterocycles. The lowest BCUT2D eigenvalue weighted by atomic mass is 9.87. The first-order chi connectivity index (χ1) is 6.60. The largest absolute Gasteiger partial charge is 0.179 e. The summed E-state index contributed by atoms with van der Waals surface area (Å²) < 4.78 is 0. The van der Waals surface area contributed by atoms with E-state index in [0.29, 0.717) is 5.41 Å². The van der Waals surface area contributed by atoms with Gasteiger partial charge in [-0.1, -0.05) is 27.7 Å². The van der Waals surface area contributed by atoms with Gasteiger partial charge in [0.15, 0.2) is 0 Å². The molecule has 0 aromatic heterocycles. The van der Waals surface area contributed by atoms with E-state index in [9.17, 15) is 0 Å². The molecule has 0 nitrogen and oxygen atoms in total. The van der Waals surface area contributed by atoms with Crippen molar-refractivity contribution in [1.82, 2.24) is 0 Å². The van der Waals surface area contributed by atoms with Crippen molar-refractivity contribution in [3.63, 3.8) is 0 Å². The molecule has 0 radical (unpaired) electrons. The summed E-state index contributed by atoms with van der Waals surface area (Å²) in [7, 11) is 0. The standard InChI is InChI=1S/C12H26S2/c1-5-12(6-2,9-13)10-14-8-7-11(3)4/h11,13H,5-10H2,1-4H3. The molecule has 0 aliphatic rings. The highest BCUT2D eigenvalue weighted by molar-refractivity contribution is 7.99. The third-order valence-corrected chi connectivity index (χ3v) is 5.09. The fourth-order valence-corrected chi connectivity index (χ4v) is 3.77. The summed E-state index contributed by atoms with van der Waals surface area (Å²) in [5.74, 6) is 4.48. The molecule has 0 aliphatic carbocycles. The fraction of sp³-hybridized carbons (Fsp3) is 1.00. The summed E-state index contributed by atoms with van der Waals surface area (Å²) in [5, 5.41) is 0. The van der Waals surface area contributed by atoms with Crippen LogP contribution in [-0.2, 0) is 0 Å². The maximum absolute atomic E-state index is 4.49. The first kappa shape index (κ1) is 14.7. The Balaban J connectivity index is 3.71. The van der Waals surface area contributed by atoms with E-state index in [2.05, 4.69) is 52.1 Å². The van der Waals surface area contributed by atoms with Crippen LogP contribution in [0, 0.1) is 11.3 Å². The summed E-state index contributed by atoms with van der Waals surface area (Å²) in [5.41, 5.74) is 0.491. The highest BCUT2D eigenvalue weighted by atomic mass is 32.2. The predicted molar refractivity (Wildman–Crippen MR) is 73.6 cm³/mol. The van der Waals surface area contributed by atoms with Crippen molar-refractivity contribution < 1.29 is 0 Å². The summed E-state index contributed by atoms with van der Waals surface area (Å²) in [6, 6.07) is 0. The van der Waals surface area contributed by atoms with Gasteiger partial charge in [-0.3, -0.25) is 0 Å². The quantitative estimate of drug-likeness (QED) is 0.476. The normalized spacial score (nSPS) is 12.4. The van der Waals surface area contributed by atoms with Gasteiger partial charge in [-0.05, 0) is 47.9 Å². The zero-order valence-electron chi connectivity index (χ0n) is 10.2. The molecule has 2 heteroatoms. The number of rotatable bonds is 8. The second-order valence-corrected chi connectivity index (χ2v) is 6.02. The average molecular weight is 234 g/mol. The van der Waals surface area contributed by atoms with Crippen LogP contribution in [0.1, 0.15) is 47.0 Å². The summed E-state index contributed by atoms with van der Waals surface area (Å²) in [6.45, 7) is 9.18. The van der Waals surface area contributed by atoms with Gasteiger partial charge in [-0.15, -0.1) is 0 Å². The van der Waals surface area contributed by atoms with E-state index < -0.39 is 0 Å². The van der Waals surface area contributed by atoms with Crippen LogP contribution in [-0.4, -0.2) is 17.3 Å². The van der Waals surface area contributed by atoms with Crippen LogP contribution in [0.25, 0.3) is 0 Å². The third kappa shape index (κ3) is 5.55. The second kappa shape index (κ2) is 7.92. The summed E-state index contributed by atoms with van der Waals surface area (Å²) in [6.07, 6.45) is 3.88. The maximum Gasteiger partial charge on any atom is -0.000320 e. The zero-order valence-corrected chi connectivity index (χ0v) is 11.9. The summed E-state index contributed by atoms with van der Waals surface area (Å²) >= 11 is 6.60. The fourth-order valence-electron chi connectivity index (χ4n) is 1.33. The number of thiol groups is 1. The highest BCUT2D eigenvalue weighted by Gasteiger charge is 2.23. The number of thioether (sulfide) groups is 1. The molecule has 0 aromatic rings. The van der Waals surface area contributed by atoms with Crippen LogP contribution < -0.4 is 0 Å². The minimum Gasteiger partial charge on any atom is -0.179 e. The molecule has 0 atom stereocenters. The molecule has 0 rings (SSSR count). The van der Waals surface area contributed by atoms with Gasteiger partial charge in [0.1, 0.15) is 0 Å². The van der Waals surface area contributed by atoms with E-state index in [-0.39, 0.29) is 0 Å². The van der Waals surface area contributed by atoms with E-state index in [4.69, 9.17) is 0 Å². The predicted octanol–water partition coefficient (Wildman–Crippen LogP) is 4.50.